The molecule has 6 nitrogen and oxygen atoms in total. The molecule has 33 heavy (non-hydrogen) atoms. The largest absolute Gasteiger partial charge is 0.507 e. The van der Waals surface area contributed by atoms with Crippen molar-refractivity contribution in [1.29, 1.82) is 0 Å². The zero-order chi connectivity index (χ0) is 23.5. The Morgan fingerprint density at radius 3 is 2.55 bits per heavy atom. The third kappa shape index (κ3) is 4.09. The van der Waals surface area contributed by atoms with Gasteiger partial charge in [0.2, 0.25) is 0 Å². The number of Topliss-reactive ketones (excluding diaryl/α,β-unsaturated/α-hetero) is 1. The lowest BCUT2D eigenvalue weighted by molar-refractivity contribution is -0.132. The van der Waals surface area contributed by atoms with Crippen LogP contribution in [0.25, 0.3) is 5.76 Å². The molecule has 1 aromatic heterocycles. The number of amides is 1. The number of carbonyl (C=O) groups excluding carboxylic acids is 2. The average molecular weight is 446 g/mol. The van der Waals surface area contributed by atoms with Gasteiger partial charge in [0.1, 0.15) is 23.1 Å². The van der Waals surface area contributed by atoms with Crippen molar-refractivity contribution >= 4 is 23.3 Å². The molecular formula is C26H23FN2O4. The summed E-state index contributed by atoms with van der Waals surface area (Å²) in [5.74, 6) is -1.93. The van der Waals surface area contributed by atoms with Crippen LogP contribution in [0.3, 0.4) is 0 Å². The fraction of sp³-hybridized carbons (Fsp3) is 0.192. The molecule has 1 fully saturated rings. The molecule has 1 unspecified atom stereocenters. The van der Waals surface area contributed by atoms with Gasteiger partial charge >= 0.3 is 5.91 Å². The first-order chi connectivity index (χ1) is 15.9. The van der Waals surface area contributed by atoms with E-state index in [4.69, 9.17) is 4.74 Å². The predicted octanol–water partition coefficient (Wildman–Crippen LogP) is 4.94. The van der Waals surface area contributed by atoms with Gasteiger partial charge < -0.3 is 9.84 Å². The monoisotopic (exact) mass is 446 g/mol. The molecule has 4 rings (SSSR count). The topological polar surface area (TPSA) is 79.7 Å². The summed E-state index contributed by atoms with van der Waals surface area (Å²) in [6, 6.07) is 14.6. The van der Waals surface area contributed by atoms with Crippen LogP contribution in [-0.2, 0) is 9.59 Å². The molecular weight excluding hydrogens is 423 g/mol. The van der Waals surface area contributed by atoms with Crippen molar-refractivity contribution in [3.8, 4) is 5.75 Å². The van der Waals surface area contributed by atoms with Crippen molar-refractivity contribution in [3.05, 3.63) is 94.9 Å². The molecule has 1 aliphatic heterocycles. The van der Waals surface area contributed by atoms with Crippen LogP contribution in [0.15, 0.2) is 72.4 Å². The van der Waals surface area contributed by atoms with E-state index in [1.807, 2.05) is 13.8 Å². The Morgan fingerprint density at radius 1 is 1.12 bits per heavy atom. The average Bonchev–Trinajstić information content (AvgIpc) is 3.09. The van der Waals surface area contributed by atoms with E-state index in [0.29, 0.717) is 17.9 Å². The van der Waals surface area contributed by atoms with Crippen LogP contribution in [-0.4, -0.2) is 28.4 Å². The van der Waals surface area contributed by atoms with Gasteiger partial charge in [0.05, 0.1) is 18.2 Å². The number of hydrogen-bond donors (Lipinski definition) is 1. The molecule has 168 valence electrons. The van der Waals surface area contributed by atoms with E-state index in [2.05, 4.69) is 4.98 Å². The van der Waals surface area contributed by atoms with Gasteiger partial charge in [-0.05, 0) is 55.3 Å². The van der Waals surface area contributed by atoms with Gasteiger partial charge in [-0.25, -0.2) is 9.37 Å². The zero-order valence-corrected chi connectivity index (χ0v) is 18.3. The molecule has 1 amide bonds. The lowest BCUT2D eigenvalue weighted by Crippen LogP contribution is -2.30. The van der Waals surface area contributed by atoms with E-state index >= 15 is 0 Å². The molecule has 0 aliphatic carbocycles. The second-order valence-electron chi connectivity index (χ2n) is 7.71. The number of aliphatic hydroxyl groups excluding tert-OH is 1. The number of ether oxygens (including phenoxy) is 1. The summed E-state index contributed by atoms with van der Waals surface area (Å²) in [5, 5.41) is 11.2. The number of ketones is 1. The molecule has 1 atom stereocenters. The molecule has 1 aliphatic rings. The van der Waals surface area contributed by atoms with Gasteiger partial charge in [-0.15, -0.1) is 0 Å². The van der Waals surface area contributed by atoms with Crippen LogP contribution in [0, 0.1) is 12.7 Å². The third-order valence-corrected chi connectivity index (χ3v) is 5.45. The van der Waals surface area contributed by atoms with Crippen LogP contribution in [0.4, 0.5) is 10.2 Å². The minimum absolute atomic E-state index is 0.0866. The highest BCUT2D eigenvalue weighted by molar-refractivity contribution is 6.51. The second-order valence-corrected chi connectivity index (χ2v) is 7.71. The summed E-state index contributed by atoms with van der Waals surface area (Å²) in [4.78, 5) is 31.4. The number of benzene rings is 2. The molecule has 0 spiro atoms. The minimum atomic E-state index is -1.17. The maximum Gasteiger partial charge on any atom is 0.301 e. The van der Waals surface area contributed by atoms with Crippen LogP contribution >= 0.6 is 0 Å². The van der Waals surface area contributed by atoms with Crippen molar-refractivity contribution < 1.29 is 23.8 Å². The highest BCUT2D eigenvalue weighted by atomic mass is 19.1. The Bertz CT molecular complexity index is 1240. The number of aryl methyl sites for hydroxylation is 1. The summed E-state index contributed by atoms with van der Waals surface area (Å²) in [6.07, 6.45) is 2.33. The number of nitrogens with zero attached hydrogens (tertiary/aromatic N) is 2. The van der Waals surface area contributed by atoms with Gasteiger partial charge in [0, 0.05) is 17.3 Å². The van der Waals surface area contributed by atoms with Crippen molar-refractivity contribution in [2.24, 2.45) is 0 Å². The molecule has 7 heteroatoms. The van der Waals surface area contributed by atoms with Crippen molar-refractivity contribution in [3.63, 3.8) is 0 Å². The number of pyridine rings is 1. The number of anilines is 1. The molecule has 0 bridgehead atoms. The summed E-state index contributed by atoms with van der Waals surface area (Å²) in [5.41, 5.74) is 0.978. The number of rotatable bonds is 6. The van der Waals surface area contributed by atoms with Crippen molar-refractivity contribution in [2.75, 3.05) is 11.5 Å². The smallest absolute Gasteiger partial charge is 0.301 e. The van der Waals surface area contributed by atoms with Gasteiger partial charge in [-0.3, -0.25) is 14.5 Å². The van der Waals surface area contributed by atoms with E-state index in [9.17, 15) is 19.1 Å². The van der Waals surface area contributed by atoms with Crippen LogP contribution in [0.2, 0.25) is 0 Å². The Labute approximate surface area is 191 Å². The fourth-order valence-corrected chi connectivity index (χ4v) is 3.88. The first-order valence-corrected chi connectivity index (χ1v) is 10.6. The predicted molar refractivity (Wildman–Crippen MR) is 122 cm³/mol. The number of aromatic nitrogens is 1. The molecule has 2 aromatic carbocycles. The lowest BCUT2D eigenvalue weighted by atomic mass is 9.94. The number of hydrogen-bond acceptors (Lipinski definition) is 5. The van der Waals surface area contributed by atoms with Crippen LogP contribution in [0.1, 0.15) is 36.1 Å². The van der Waals surface area contributed by atoms with Crippen LogP contribution < -0.4 is 9.64 Å². The second kappa shape index (κ2) is 9.24. The van der Waals surface area contributed by atoms with Gasteiger partial charge in [0.15, 0.2) is 0 Å². The maximum absolute atomic E-state index is 14.9. The standard InChI is InChI=1S/C26H23FN2O4/c1-3-14-33-20-12-11-17(15-16(20)2)24(30)22-23(18-8-4-5-9-19(18)27)29(26(32)25(22)31)21-10-6-7-13-28-21/h4-13,15,23,30H,3,14H2,1-2H3/b24-22+. The first kappa shape index (κ1) is 22.2. The summed E-state index contributed by atoms with van der Waals surface area (Å²) in [6.45, 7) is 4.37. The van der Waals surface area contributed by atoms with Crippen molar-refractivity contribution in [2.45, 2.75) is 26.3 Å². The summed E-state index contributed by atoms with van der Waals surface area (Å²) < 4.78 is 20.5. The third-order valence-electron chi connectivity index (χ3n) is 5.45. The highest BCUT2D eigenvalue weighted by Crippen LogP contribution is 2.42. The summed E-state index contributed by atoms with van der Waals surface area (Å²) in [7, 11) is 0. The molecule has 1 saturated heterocycles. The number of halogens is 1. The first-order valence-electron chi connectivity index (χ1n) is 10.6. The SMILES string of the molecule is CCCOc1ccc(/C(O)=C2\C(=O)C(=O)N(c3ccccn3)C2c2ccccc2F)cc1C. The molecule has 0 saturated carbocycles. The number of aliphatic hydroxyl groups is 1. The highest BCUT2D eigenvalue weighted by Gasteiger charge is 2.48. The maximum atomic E-state index is 14.9. The van der Waals surface area contributed by atoms with E-state index < -0.39 is 23.5 Å². The summed E-state index contributed by atoms with van der Waals surface area (Å²) >= 11 is 0. The lowest BCUT2D eigenvalue weighted by Gasteiger charge is -2.24. The Kier molecular flexibility index (Phi) is 6.22. The van der Waals surface area contributed by atoms with E-state index in [-0.39, 0.29) is 22.7 Å². The zero-order valence-electron chi connectivity index (χ0n) is 18.3. The quantitative estimate of drug-likeness (QED) is 0.329. The Balaban J connectivity index is 1.89. The fourth-order valence-electron chi connectivity index (χ4n) is 3.88. The Hall–Kier alpha value is -4.00. The minimum Gasteiger partial charge on any atom is -0.507 e. The normalized spacial score (nSPS) is 17.4. The molecule has 1 N–H and O–H groups in total. The van der Waals surface area contributed by atoms with E-state index in [1.54, 1.807) is 42.5 Å². The van der Waals surface area contributed by atoms with E-state index in [1.165, 1.54) is 24.4 Å². The van der Waals surface area contributed by atoms with E-state index in [0.717, 1.165) is 16.9 Å². The van der Waals surface area contributed by atoms with Crippen LogP contribution in [0.5, 0.6) is 5.75 Å². The number of carbonyl (C=O) groups is 2. The van der Waals surface area contributed by atoms with Crippen molar-refractivity contribution in [1.82, 2.24) is 4.98 Å². The molecule has 3 aromatic rings. The van der Waals surface area contributed by atoms with Gasteiger partial charge in [0.25, 0.3) is 5.78 Å². The Morgan fingerprint density at radius 2 is 1.88 bits per heavy atom. The van der Waals surface area contributed by atoms with Gasteiger partial charge in [-0.2, -0.15) is 0 Å². The van der Waals surface area contributed by atoms with Gasteiger partial charge in [-0.1, -0.05) is 31.2 Å². The molecule has 0 radical (unpaired) electrons. The molecule has 2 heterocycles.